The lowest BCUT2D eigenvalue weighted by molar-refractivity contribution is 0.0945. The summed E-state index contributed by atoms with van der Waals surface area (Å²) in [4.78, 5) is 19.5. The van der Waals surface area contributed by atoms with E-state index in [1.165, 1.54) is 12.4 Å². The number of nitrogens with one attached hydrogen (secondary N) is 1. The molecular formula is C13H12ClN3O2. The molecule has 1 N–H and O–H groups in total. The van der Waals surface area contributed by atoms with Crippen LogP contribution in [0.3, 0.4) is 0 Å². The molecule has 1 aromatic heterocycles. The van der Waals surface area contributed by atoms with E-state index in [2.05, 4.69) is 15.3 Å². The van der Waals surface area contributed by atoms with Gasteiger partial charge in [0, 0.05) is 6.54 Å². The van der Waals surface area contributed by atoms with Crippen molar-refractivity contribution in [2.45, 2.75) is 6.54 Å². The molecule has 0 aliphatic heterocycles. The maximum atomic E-state index is 11.8. The van der Waals surface area contributed by atoms with Crippen molar-refractivity contribution in [3.8, 4) is 5.75 Å². The number of halogens is 1. The highest BCUT2D eigenvalue weighted by atomic mass is 35.5. The molecule has 2 rings (SSSR count). The predicted octanol–water partition coefficient (Wildman–Crippen LogP) is 2.07. The average molecular weight is 278 g/mol. The summed E-state index contributed by atoms with van der Waals surface area (Å²) >= 11 is 5.60. The molecule has 1 amide bonds. The van der Waals surface area contributed by atoms with Crippen LogP contribution < -0.4 is 10.1 Å². The molecule has 0 aliphatic carbocycles. The Morgan fingerprint density at radius 1 is 1.37 bits per heavy atom. The first-order valence-corrected chi connectivity index (χ1v) is 5.95. The smallest absolute Gasteiger partial charge is 0.271 e. The van der Waals surface area contributed by atoms with E-state index in [9.17, 15) is 4.79 Å². The van der Waals surface area contributed by atoms with Gasteiger partial charge in [-0.1, -0.05) is 23.7 Å². The summed E-state index contributed by atoms with van der Waals surface area (Å²) in [6.45, 7) is 0.389. The van der Waals surface area contributed by atoms with Crippen LogP contribution in [0, 0.1) is 0 Å². The van der Waals surface area contributed by atoms with Crippen LogP contribution in [0.5, 0.6) is 5.75 Å². The lowest BCUT2D eigenvalue weighted by atomic mass is 10.2. The van der Waals surface area contributed by atoms with Crippen molar-refractivity contribution in [2.24, 2.45) is 0 Å². The van der Waals surface area contributed by atoms with Gasteiger partial charge in [0.1, 0.15) is 16.6 Å². The Labute approximate surface area is 115 Å². The van der Waals surface area contributed by atoms with Crippen molar-refractivity contribution in [2.75, 3.05) is 7.11 Å². The largest absolute Gasteiger partial charge is 0.497 e. The Balaban J connectivity index is 1.98. The normalized spacial score (nSPS) is 10.0. The van der Waals surface area contributed by atoms with Crippen LogP contribution in [0.1, 0.15) is 16.1 Å². The predicted molar refractivity (Wildman–Crippen MR) is 71.2 cm³/mol. The molecule has 1 heterocycles. The second-order valence-electron chi connectivity index (χ2n) is 3.76. The van der Waals surface area contributed by atoms with E-state index in [1.54, 1.807) is 7.11 Å². The highest BCUT2D eigenvalue weighted by molar-refractivity contribution is 6.29. The second-order valence-corrected chi connectivity index (χ2v) is 4.15. The van der Waals surface area contributed by atoms with Crippen molar-refractivity contribution in [3.05, 3.63) is 53.1 Å². The molecule has 0 saturated carbocycles. The number of carbonyl (C=O) groups is 1. The van der Waals surface area contributed by atoms with Gasteiger partial charge in [-0.25, -0.2) is 9.97 Å². The Hall–Kier alpha value is -2.14. The second kappa shape index (κ2) is 6.15. The summed E-state index contributed by atoms with van der Waals surface area (Å²) in [5.41, 5.74) is 1.17. The standard InChI is InChI=1S/C13H12ClN3O2/c1-19-10-4-2-3-9(5-10)6-17-13(18)11-7-16-12(14)8-15-11/h2-5,7-8H,6H2,1H3,(H,17,18). The molecule has 0 saturated heterocycles. The average Bonchev–Trinajstić information content (AvgIpc) is 2.46. The van der Waals surface area contributed by atoms with Gasteiger partial charge in [-0.2, -0.15) is 0 Å². The van der Waals surface area contributed by atoms with E-state index in [1.807, 2.05) is 24.3 Å². The van der Waals surface area contributed by atoms with E-state index < -0.39 is 0 Å². The third-order valence-electron chi connectivity index (χ3n) is 2.44. The van der Waals surface area contributed by atoms with Gasteiger partial charge in [-0.15, -0.1) is 0 Å². The fourth-order valence-corrected chi connectivity index (χ4v) is 1.58. The van der Waals surface area contributed by atoms with E-state index >= 15 is 0 Å². The molecule has 19 heavy (non-hydrogen) atoms. The van der Waals surface area contributed by atoms with Gasteiger partial charge < -0.3 is 10.1 Å². The number of benzene rings is 1. The van der Waals surface area contributed by atoms with Gasteiger partial charge in [0.05, 0.1) is 19.5 Å². The summed E-state index contributed by atoms with van der Waals surface area (Å²) in [7, 11) is 1.60. The summed E-state index contributed by atoms with van der Waals surface area (Å²) in [6, 6.07) is 7.46. The lowest BCUT2D eigenvalue weighted by Gasteiger charge is -2.06. The van der Waals surface area contributed by atoms with Gasteiger partial charge in [-0.05, 0) is 17.7 Å². The molecule has 0 aliphatic rings. The number of carbonyl (C=O) groups excluding carboxylic acids is 1. The molecule has 0 unspecified atom stereocenters. The lowest BCUT2D eigenvalue weighted by Crippen LogP contribution is -2.23. The Morgan fingerprint density at radius 3 is 2.89 bits per heavy atom. The maximum Gasteiger partial charge on any atom is 0.271 e. The maximum absolute atomic E-state index is 11.8. The highest BCUT2D eigenvalue weighted by Crippen LogP contribution is 2.12. The van der Waals surface area contributed by atoms with Gasteiger partial charge >= 0.3 is 0 Å². The Kier molecular flexibility index (Phi) is 4.30. The molecule has 6 heteroatoms. The Bertz CT molecular complexity index is 572. The van der Waals surface area contributed by atoms with E-state index in [0.29, 0.717) is 6.54 Å². The minimum atomic E-state index is -0.299. The van der Waals surface area contributed by atoms with Crippen LogP contribution in [-0.2, 0) is 6.54 Å². The van der Waals surface area contributed by atoms with Crippen molar-refractivity contribution >= 4 is 17.5 Å². The first kappa shape index (κ1) is 13.3. The quantitative estimate of drug-likeness (QED) is 0.929. The summed E-state index contributed by atoms with van der Waals surface area (Å²) in [6.07, 6.45) is 2.67. The fraction of sp³-hybridized carbons (Fsp3) is 0.154. The summed E-state index contributed by atoms with van der Waals surface area (Å²) in [5.74, 6) is 0.449. The molecular weight excluding hydrogens is 266 g/mol. The molecule has 0 spiro atoms. The van der Waals surface area contributed by atoms with Crippen LogP contribution in [0.25, 0.3) is 0 Å². The number of aromatic nitrogens is 2. The van der Waals surface area contributed by atoms with Crippen molar-refractivity contribution in [1.82, 2.24) is 15.3 Å². The molecule has 0 atom stereocenters. The molecule has 2 aromatic rings. The zero-order chi connectivity index (χ0) is 13.7. The zero-order valence-corrected chi connectivity index (χ0v) is 11.0. The summed E-state index contributed by atoms with van der Waals surface area (Å²) < 4.78 is 5.11. The highest BCUT2D eigenvalue weighted by Gasteiger charge is 2.07. The SMILES string of the molecule is COc1cccc(CNC(=O)c2cnc(Cl)cn2)c1. The molecule has 98 valence electrons. The number of hydrogen-bond acceptors (Lipinski definition) is 4. The van der Waals surface area contributed by atoms with Crippen LogP contribution in [0.4, 0.5) is 0 Å². The van der Waals surface area contributed by atoms with Gasteiger partial charge in [0.2, 0.25) is 0 Å². The zero-order valence-electron chi connectivity index (χ0n) is 10.3. The van der Waals surface area contributed by atoms with Crippen molar-refractivity contribution in [1.29, 1.82) is 0 Å². The number of methoxy groups -OCH3 is 1. The van der Waals surface area contributed by atoms with Crippen molar-refractivity contribution < 1.29 is 9.53 Å². The Morgan fingerprint density at radius 2 is 2.21 bits per heavy atom. The van der Waals surface area contributed by atoms with Gasteiger partial charge in [0.15, 0.2) is 0 Å². The number of nitrogens with zero attached hydrogens (tertiary/aromatic N) is 2. The first-order chi connectivity index (χ1) is 9.19. The van der Waals surface area contributed by atoms with Crippen LogP contribution in [-0.4, -0.2) is 23.0 Å². The third kappa shape index (κ3) is 3.66. The number of ether oxygens (including phenoxy) is 1. The minimum absolute atomic E-state index is 0.229. The van der Waals surface area contributed by atoms with Gasteiger partial charge in [0.25, 0.3) is 5.91 Å². The van der Waals surface area contributed by atoms with Crippen LogP contribution in [0.15, 0.2) is 36.7 Å². The molecule has 0 radical (unpaired) electrons. The van der Waals surface area contributed by atoms with Crippen molar-refractivity contribution in [3.63, 3.8) is 0 Å². The monoisotopic (exact) mass is 277 g/mol. The molecule has 5 nitrogen and oxygen atoms in total. The molecule has 0 bridgehead atoms. The minimum Gasteiger partial charge on any atom is -0.497 e. The summed E-state index contributed by atoms with van der Waals surface area (Å²) in [5, 5.41) is 3.00. The van der Waals surface area contributed by atoms with E-state index in [0.717, 1.165) is 11.3 Å². The number of amides is 1. The molecule has 1 aromatic carbocycles. The number of rotatable bonds is 4. The van der Waals surface area contributed by atoms with Gasteiger partial charge in [-0.3, -0.25) is 4.79 Å². The van der Waals surface area contributed by atoms with Crippen LogP contribution >= 0.6 is 11.6 Å². The first-order valence-electron chi connectivity index (χ1n) is 5.57. The topological polar surface area (TPSA) is 64.1 Å². The fourth-order valence-electron chi connectivity index (χ4n) is 1.48. The van der Waals surface area contributed by atoms with E-state index in [-0.39, 0.29) is 16.8 Å². The molecule has 0 fully saturated rings. The van der Waals surface area contributed by atoms with E-state index in [4.69, 9.17) is 16.3 Å². The third-order valence-corrected chi connectivity index (χ3v) is 2.64. The number of hydrogen-bond donors (Lipinski definition) is 1. The van der Waals surface area contributed by atoms with Crippen LogP contribution in [0.2, 0.25) is 5.15 Å².